The van der Waals surface area contributed by atoms with Crippen molar-refractivity contribution >= 4 is 11.4 Å². The maximum absolute atomic E-state index is 14.0. The van der Waals surface area contributed by atoms with Crippen molar-refractivity contribution in [3.63, 3.8) is 0 Å². The Bertz CT molecular complexity index is 1040. The predicted octanol–water partition coefficient (Wildman–Crippen LogP) is 3.45. The quantitative estimate of drug-likeness (QED) is 0.444. The Morgan fingerprint density at radius 1 is 1.24 bits per heavy atom. The van der Waals surface area contributed by atoms with E-state index in [1.54, 1.807) is 24.2 Å². The molecule has 0 amide bonds. The number of likely N-dealkylation sites (N-methyl/N-ethyl adjacent to an activating group) is 1. The standard InChI is InChI=1S/C24H33F2N7O/c1-3-17-20(33-13-5-11-24(25,26)15-33)9-8-19(30-17)22(27)21(32(2)28)14-34-23-29-12-10-18(31-23)16-6-4-7-16/h8-10,12,16H,3-7,11,13-15,27-28H2,1-2H3/b22-21-. The van der Waals surface area contributed by atoms with Gasteiger partial charge in [0.1, 0.15) is 6.61 Å². The van der Waals surface area contributed by atoms with Crippen molar-refractivity contribution in [1.82, 2.24) is 20.0 Å². The largest absolute Gasteiger partial charge is 0.457 e. The van der Waals surface area contributed by atoms with E-state index in [1.807, 2.05) is 19.1 Å². The van der Waals surface area contributed by atoms with Crippen LogP contribution in [0.15, 0.2) is 30.1 Å². The molecule has 184 valence electrons. The molecule has 2 aliphatic rings. The molecule has 0 unspecified atom stereocenters. The van der Waals surface area contributed by atoms with E-state index in [0.29, 0.717) is 42.4 Å². The SMILES string of the molecule is CCc1nc(/C(N)=C(\COc2nccc(C3CCC3)n2)N(C)N)ccc1N1CCCC(F)(F)C1. The summed E-state index contributed by atoms with van der Waals surface area (Å²) in [5, 5.41) is 1.39. The van der Waals surface area contributed by atoms with Crippen LogP contribution in [0.3, 0.4) is 0 Å². The van der Waals surface area contributed by atoms with Crippen molar-refractivity contribution in [2.45, 2.75) is 57.3 Å². The number of aryl methyl sites for hydroxylation is 1. The van der Waals surface area contributed by atoms with Crippen LogP contribution in [0.2, 0.25) is 0 Å². The van der Waals surface area contributed by atoms with Crippen LogP contribution in [0.1, 0.15) is 62.0 Å². The smallest absolute Gasteiger partial charge is 0.316 e. The molecule has 10 heteroatoms. The van der Waals surface area contributed by atoms with Gasteiger partial charge in [-0.25, -0.2) is 24.6 Å². The molecule has 1 aliphatic heterocycles. The Hall–Kier alpha value is -3.01. The fourth-order valence-corrected chi connectivity index (χ4v) is 4.37. The molecule has 0 spiro atoms. The number of nitrogens with two attached hydrogens (primary N) is 2. The molecule has 1 aliphatic carbocycles. The van der Waals surface area contributed by atoms with E-state index < -0.39 is 5.92 Å². The van der Waals surface area contributed by atoms with Crippen LogP contribution in [0.4, 0.5) is 14.5 Å². The maximum Gasteiger partial charge on any atom is 0.316 e. The first-order chi connectivity index (χ1) is 16.3. The summed E-state index contributed by atoms with van der Waals surface area (Å²) in [5.41, 5.74) is 10.3. The molecule has 8 nitrogen and oxygen atoms in total. The van der Waals surface area contributed by atoms with E-state index >= 15 is 0 Å². The summed E-state index contributed by atoms with van der Waals surface area (Å²) in [7, 11) is 1.67. The fourth-order valence-electron chi connectivity index (χ4n) is 4.37. The van der Waals surface area contributed by atoms with Crippen LogP contribution in [0.5, 0.6) is 6.01 Å². The Labute approximate surface area is 199 Å². The third kappa shape index (κ3) is 5.38. The van der Waals surface area contributed by atoms with Crippen LogP contribution in [-0.2, 0) is 6.42 Å². The minimum Gasteiger partial charge on any atom is -0.457 e. The zero-order valence-electron chi connectivity index (χ0n) is 19.8. The fraction of sp³-hybridized carbons (Fsp3) is 0.542. The summed E-state index contributed by atoms with van der Waals surface area (Å²) in [5.74, 6) is 3.83. The number of pyridine rings is 1. The summed E-state index contributed by atoms with van der Waals surface area (Å²) in [6, 6.07) is 5.76. The molecule has 1 saturated carbocycles. The van der Waals surface area contributed by atoms with Crippen molar-refractivity contribution in [1.29, 1.82) is 0 Å². The summed E-state index contributed by atoms with van der Waals surface area (Å²) < 4.78 is 33.8. The van der Waals surface area contributed by atoms with Gasteiger partial charge < -0.3 is 20.4 Å². The molecule has 0 atom stereocenters. The first-order valence-corrected chi connectivity index (χ1v) is 11.8. The van der Waals surface area contributed by atoms with Crippen LogP contribution in [0, 0.1) is 0 Å². The summed E-state index contributed by atoms with van der Waals surface area (Å²) in [6.07, 6.45) is 6.15. The summed E-state index contributed by atoms with van der Waals surface area (Å²) >= 11 is 0. The number of piperidine rings is 1. The molecule has 2 aromatic rings. The van der Waals surface area contributed by atoms with Crippen molar-refractivity contribution in [3.05, 3.63) is 47.2 Å². The monoisotopic (exact) mass is 473 g/mol. The van der Waals surface area contributed by atoms with Gasteiger partial charge in [0.15, 0.2) is 0 Å². The lowest BCUT2D eigenvalue weighted by atomic mass is 9.83. The Kier molecular flexibility index (Phi) is 7.16. The van der Waals surface area contributed by atoms with E-state index in [4.69, 9.17) is 16.3 Å². The average molecular weight is 474 g/mol. The van der Waals surface area contributed by atoms with Gasteiger partial charge in [-0.2, -0.15) is 4.98 Å². The topological polar surface area (TPSA) is 106 Å². The average Bonchev–Trinajstić information content (AvgIpc) is 2.77. The third-order valence-corrected chi connectivity index (χ3v) is 6.55. The second-order valence-electron chi connectivity index (χ2n) is 9.05. The number of hydrazine groups is 1. The third-order valence-electron chi connectivity index (χ3n) is 6.55. The van der Waals surface area contributed by atoms with E-state index in [2.05, 4.69) is 15.0 Å². The molecule has 1 saturated heterocycles. The number of nitrogens with zero attached hydrogens (tertiary/aromatic N) is 5. The summed E-state index contributed by atoms with van der Waals surface area (Å²) in [6.45, 7) is 2.30. The van der Waals surface area contributed by atoms with E-state index in [0.717, 1.165) is 29.9 Å². The van der Waals surface area contributed by atoms with E-state index in [1.165, 1.54) is 11.4 Å². The van der Waals surface area contributed by atoms with Crippen LogP contribution < -0.4 is 21.2 Å². The van der Waals surface area contributed by atoms with Gasteiger partial charge in [-0.05, 0) is 43.9 Å². The molecule has 0 bridgehead atoms. The van der Waals surface area contributed by atoms with Crippen LogP contribution in [-0.4, -0.2) is 52.6 Å². The van der Waals surface area contributed by atoms with Crippen molar-refractivity contribution < 1.29 is 13.5 Å². The molecular weight excluding hydrogens is 440 g/mol. The second kappa shape index (κ2) is 10.1. The minimum absolute atomic E-state index is 0.0657. The number of hydrogen-bond acceptors (Lipinski definition) is 8. The van der Waals surface area contributed by atoms with Crippen molar-refractivity contribution in [3.8, 4) is 6.01 Å². The lowest BCUT2D eigenvalue weighted by Crippen LogP contribution is -2.43. The molecule has 0 aromatic carbocycles. The number of alkyl halides is 2. The molecule has 0 radical (unpaired) electrons. The highest BCUT2D eigenvalue weighted by Gasteiger charge is 2.36. The predicted molar refractivity (Wildman–Crippen MR) is 127 cm³/mol. The molecule has 4 rings (SSSR count). The zero-order chi connectivity index (χ0) is 24.3. The highest BCUT2D eigenvalue weighted by atomic mass is 19.3. The first-order valence-electron chi connectivity index (χ1n) is 11.8. The molecule has 34 heavy (non-hydrogen) atoms. The summed E-state index contributed by atoms with van der Waals surface area (Å²) in [4.78, 5) is 15.1. The lowest BCUT2D eigenvalue weighted by molar-refractivity contribution is -0.0117. The van der Waals surface area contributed by atoms with Crippen molar-refractivity contribution in [2.75, 3.05) is 31.6 Å². The number of anilines is 1. The number of rotatable bonds is 8. The Morgan fingerprint density at radius 2 is 2.03 bits per heavy atom. The number of halogens is 2. The molecular formula is C24H33F2N7O. The molecule has 3 heterocycles. The van der Waals surface area contributed by atoms with Gasteiger partial charge in [-0.3, -0.25) is 0 Å². The van der Waals surface area contributed by atoms with Gasteiger partial charge in [0, 0.05) is 32.1 Å². The van der Waals surface area contributed by atoms with Gasteiger partial charge in [-0.15, -0.1) is 0 Å². The number of ether oxygens (including phenoxy) is 1. The highest BCUT2D eigenvalue weighted by Crippen LogP contribution is 2.35. The van der Waals surface area contributed by atoms with E-state index in [9.17, 15) is 8.78 Å². The van der Waals surface area contributed by atoms with Crippen molar-refractivity contribution in [2.24, 2.45) is 11.6 Å². The van der Waals surface area contributed by atoms with E-state index in [-0.39, 0.29) is 25.6 Å². The lowest BCUT2D eigenvalue weighted by Gasteiger charge is -2.35. The first kappa shape index (κ1) is 24.1. The zero-order valence-corrected chi connectivity index (χ0v) is 19.8. The Morgan fingerprint density at radius 3 is 2.68 bits per heavy atom. The van der Waals surface area contributed by atoms with Gasteiger partial charge in [0.05, 0.1) is 40.7 Å². The molecule has 4 N–H and O–H groups in total. The van der Waals surface area contributed by atoms with Gasteiger partial charge in [0.2, 0.25) is 0 Å². The normalized spacial score (nSPS) is 18.8. The van der Waals surface area contributed by atoms with Gasteiger partial charge >= 0.3 is 6.01 Å². The number of hydrogen-bond donors (Lipinski definition) is 2. The van der Waals surface area contributed by atoms with Gasteiger partial charge in [0.25, 0.3) is 5.92 Å². The van der Waals surface area contributed by atoms with Crippen LogP contribution in [0.25, 0.3) is 5.70 Å². The molecule has 2 fully saturated rings. The Balaban J connectivity index is 1.54. The van der Waals surface area contributed by atoms with Gasteiger partial charge in [-0.1, -0.05) is 13.3 Å². The van der Waals surface area contributed by atoms with Crippen LogP contribution >= 0.6 is 0 Å². The minimum atomic E-state index is -2.69. The maximum atomic E-state index is 14.0. The highest BCUT2D eigenvalue weighted by molar-refractivity contribution is 5.65. The number of aromatic nitrogens is 3. The second-order valence-corrected chi connectivity index (χ2v) is 9.05. The molecule has 2 aromatic heterocycles.